The van der Waals surface area contributed by atoms with Crippen LogP contribution in [0.2, 0.25) is 0 Å². The molecule has 1 aromatic carbocycles. The molecule has 0 heterocycles. The first kappa shape index (κ1) is 13.6. The van der Waals surface area contributed by atoms with Crippen molar-refractivity contribution in [3.8, 4) is 5.75 Å². The monoisotopic (exact) mass is 240 g/mol. The zero-order valence-electron chi connectivity index (χ0n) is 10.0. The lowest BCUT2D eigenvalue weighted by atomic mass is 10.2. The van der Waals surface area contributed by atoms with Crippen LogP contribution in [0.4, 0.5) is 11.4 Å². The molecule has 5 heteroatoms. The highest BCUT2D eigenvalue weighted by molar-refractivity contribution is 5.61. The molecule has 0 aliphatic rings. The van der Waals surface area contributed by atoms with Crippen molar-refractivity contribution < 1.29 is 14.9 Å². The van der Waals surface area contributed by atoms with E-state index < -0.39 is 6.10 Å². The second kappa shape index (κ2) is 6.98. The van der Waals surface area contributed by atoms with E-state index in [-0.39, 0.29) is 13.2 Å². The van der Waals surface area contributed by atoms with E-state index >= 15 is 0 Å². The predicted octanol–water partition coefficient (Wildman–Crippen LogP) is 0.823. The first-order valence-corrected chi connectivity index (χ1v) is 5.72. The average molecular weight is 240 g/mol. The molecule has 1 unspecified atom stereocenters. The highest BCUT2D eigenvalue weighted by Crippen LogP contribution is 2.25. The van der Waals surface area contributed by atoms with Gasteiger partial charge in [-0.05, 0) is 18.6 Å². The molecule has 0 aliphatic heterocycles. The summed E-state index contributed by atoms with van der Waals surface area (Å²) in [6, 6.07) is 5.34. The lowest BCUT2D eigenvalue weighted by Crippen LogP contribution is -2.22. The van der Waals surface area contributed by atoms with E-state index in [0.717, 1.165) is 12.1 Å². The van der Waals surface area contributed by atoms with Gasteiger partial charge >= 0.3 is 0 Å². The molecule has 0 fully saturated rings. The van der Waals surface area contributed by atoms with Crippen LogP contribution in [0, 0.1) is 0 Å². The van der Waals surface area contributed by atoms with Gasteiger partial charge in [0.2, 0.25) is 0 Å². The summed E-state index contributed by atoms with van der Waals surface area (Å²) in [6.45, 7) is 2.66. The summed E-state index contributed by atoms with van der Waals surface area (Å²) < 4.78 is 5.48. The first-order chi connectivity index (χ1) is 8.17. The van der Waals surface area contributed by atoms with Gasteiger partial charge in [0.05, 0.1) is 25.0 Å². The second-order valence-electron chi connectivity index (χ2n) is 3.82. The van der Waals surface area contributed by atoms with Crippen molar-refractivity contribution in [2.45, 2.75) is 19.4 Å². The Hall–Kier alpha value is -1.46. The number of benzene rings is 1. The number of nitrogens with two attached hydrogens (primary N) is 1. The molecule has 1 atom stereocenters. The van der Waals surface area contributed by atoms with Crippen molar-refractivity contribution in [1.29, 1.82) is 0 Å². The Morgan fingerprint density at radius 2 is 2.24 bits per heavy atom. The Bertz CT molecular complexity index is 345. The number of aliphatic hydroxyl groups is 2. The third-order valence-corrected chi connectivity index (χ3v) is 2.23. The molecule has 5 nitrogen and oxygen atoms in total. The second-order valence-corrected chi connectivity index (χ2v) is 3.82. The van der Waals surface area contributed by atoms with Gasteiger partial charge in [0.1, 0.15) is 5.75 Å². The van der Waals surface area contributed by atoms with Crippen LogP contribution in [0.5, 0.6) is 5.75 Å². The molecule has 17 heavy (non-hydrogen) atoms. The normalized spacial score (nSPS) is 12.2. The number of anilines is 2. The number of rotatable bonds is 7. The molecule has 5 N–H and O–H groups in total. The van der Waals surface area contributed by atoms with Crippen molar-refractivity contribution >= 4 is 11.4 Å². The largest absolute Gasteiger partial charge is 0.491 e. The van der Waals surface area contributed by atoms with E-state index in [9.17, 15) is 5.11 Å². The summed E-state index contributed by atoms with van der Waals surface area (Å²) >= 11 is 0. The summed E-state index contributed by atoms with van der Waals surface area (Å²) in [6.07, 6.45) is 0.146. The zero-order chi connectivity index (χ0) is 12.7. The van der Waals surface area contributed by atoms with Crippen LogP contribution in [-0.4, -0.2) is 36.1 Å². The molecule has 0 amide bonds. The molecule has 0 aromatic heterocycles. The van der Waals surface area contributed by atoms with Crippen LogP contribution in [0.25, 0.3) is 0 Å². The molecule has 96 valence electrons. The fourth-order valence-corrected chi connectivity index (χ4v) is 1.28. The SMILES string of the molecule is CCCOc1cc(NCC(O)CO)ccc1N. The van der Waals surface area contributed by atoms with Gasteiger partial charge in [-0.15, -0.1) is 0 Å². The van der Waals surface area contributed by atoms with Crippen molar-refractivity contribution in [1.82, 2.24) is 0 Å². The van der Waals surface area contributed by atoms with Gasteiger partial charge in [-0.3, -0.25) is 0 Å². The number of hydrogen-bond acceptors (Lipinski definition) is 5. The van der Waals surface area contributed by atoms with Crippen LogP contribution in [0.1, 0.15) is 13.3 Å². The van der Waals surface area contributed by atoms with Gasteiger partial charge in [0, 0.05) is 18.3 Å². The molecule has 0 aliphatic carbocycles. The van der Waals surface area contributed by atoms with E-state index in [2.05, 4.69) is 5.32 Å². The number of nitrogens with one attached hydrogen (secondary N) is 1. The molecule has 1 aromatic rings. The van der Waals surface area contributed by atoms with Gasteiger partial charge in [-0.1, -0.05) is 6.92 Å². The predicted molar refractivity (Wildman–Crippen MR) is 68.2 cm³/mol. The summed E-state index contributed by atoms with van der Waals surface area (Å²) in [7, 11) is 0. The Labute approximate surface area is 101 Å². The maximum Gasteiger partial charge on any atom is 0.144 e. The molecular formula is C12H20N2O3. The van der Waals surface area contributed by atoms with E-state index in [1.165, 1.54) is 0 Å². The number of hydrogen-bond donors (Lipinski definition) is 4. The van der Waals surface area contributed by atoms with Gasteiger partial charge in [-0.2, -0.15) is 0 Å². The summed E-state index contributed by atoms with van der Waals surface area (Å²) in [4.78, 5) is 0. The maximum absolute atomic E-state index is 9.22. The van der Waals surface area contributed by atoms with Gasteiger partial charge in [-0.25, -0.2) is 0 Å². The summed E-state index contributed by atoms with van der Waals surface area (Å²) in [5.74, 6) is 0.635. The molecule has 0 spiro atoms. The van der Waals surface area contributed by atoms with Gasteiger partial charge < -0.3 is 26.0 Å². The highest BCUT2D eigenvalue weighted by Gasteiger charge is 2.04. The minimum atomic E-state index is -0.771. The van der Waals surface area contributed by atoms with Gasteiger partial charge in [0.15, 0.2) is 0 Å². The average Bonchev–Trinajstić information content (AvgIpc) is 2.35. The van der Waals surface area contributed by atoms with Crippen molar-refractivity contribution in [3.63, 3.8) is 0 Å². The molecule has 0 radical (unpaired) electrons. The summed E-state index contributed by atoms with van der Waals surface area (Å²) in [5.41, 5.74) is 7.16. The Kier molecular flexibility index (Phi) is 5.59. The standard InChI is InChI=1S/C12H20N2O3/c1-2-5-17-12-6-9(3-4-11(12)13)14-7-10(16)8-15/h3-4,6,10,14-16H,2,5,7-8,13H2,1H3. The highest BCUT2D eigenvalue weighted by atomic mass is 16.5. The molecular weight excluding hydrogens is 220 g/mol. The van der Waals surface area contributed by atoms with Crippen molar-refractivity contribution in [3.05, 3.63) is 18.2 Å². The van der Waals surface area contributed by atoms with E-state index in [1.54, 1.807) is 18.2 Å². The van der Waals surface area contributed by atoms with Crippen LogP contribution >= 0.6 is 0 Å². The minimum Gasteiger partial charge on any atom is -0.491 e. The Morgan fingerprint density at radius 3 is 2.88 bits per heavy atom. The van der Waals surface area contributed by atoms with E-state index in [0.29, 0.717) is 18.0 Å². The van der Waals surface area contributed by atoms with Crippen molar-refractivity contribution in [2.75, 3.05) is 30.8 Å². The lowest BCUT2D eigenvalue weighted by Gasteiger charge is -2.13. The van der Waals surface area contributed by atoms with Crippen molar-refractivity contribution in [2.24, 2.45) is 0 Å². The van der Waals surface area contributed by atoms with Crippen LogP contribution < -0.4 is 15.8 Å². The number of aliphatic hydroxyl groups excluding tert-OH is 2. The number of nitrogen functional groups attached to an aromatic ring is 1. The quantitative estimate of drug-likeness (QED) is 0.530. The summed E-state index contributed by atoms with van der Waals surface area (Å²) in [5, 5.41) is 20.9. The maximum atomic E-state index is 9.22. The minimum absolute atomic E-state index is 0.263. The third-order valence-electron chi connectivity index (χ3n) is 2.23. The molecule has 0 saturated heterocycles. The number of ether oxygens (including phenoxy) is 1. The van der Waals surface area contributed by atoms with Gasteiger partial charge in [0.25, 0.3) is 0 Å². The molecule has 1 rings (SSSR count). The van der Waals surface area contributed by atoms with Crippen LogP contribution in [-0.2, 0) is 0 Å². The smallest absolute Gasteiger partial charge is 0.144 e. The first-order valence-electron chi connectivity index (χ1n) is 5.72. The fourth-order valence-electron chi connectivity index (χ4n) is 1.28. The van der Waals surface area contributed by atoms with Crippen LogP contribution in [0.15, 0.2) is 18.2 Å². The zero-order valence-corrected chi connectivity index (χ0v) is 10.0. The molecule has 0 saturated carbocycles. The Balaban J connectivity index is 2.61. The topological polar surface area (TPSA) is 87.7 Å². The molecule has 0 bridgehead atoms. The van der Waals surface area contributed by atoms with Crippen LogP contribution in [0.3, 0.4) is 0 Å². The fraction of sp³-hybridized carbons (Fsp3) is 0.500. The third kappa shape index (κ3) is 4.50. The van der Waals surface area contributed by atoms with E-state index in [4.69, 9.17) is 15.6 Å². The Morgan fingerprint density at radius 1 is 1.47 bits per heavy atom. The lowest BCUT2D eigenvalue weighted by molar-refractivity contribution is 0.105. The van der Waals surface area contributed by atoms with E-state index in [1.807, 2.05) is 6.92 Å².